The quantitative estimate of drug-likeness (QED) is 0.478. The van der Waals surface area contributed by atoms with Gasteiger partial charge in [0.15, 0.2) is 0 Å². The number of hydrazine groups is 1. The fraction of sp³-hybridized carbons (Fsp3) is 0.333. The molecular formula is C18H24N2S. The SMILES string of the molecule is CCSc1ccc(C(Cc2cc(C)ccc2C)NN)cc1. The van der Waals surface area contributed by atoms with Crippen molar-refractivity contribution < 1.29 is 0 Å². The molecule has 0 fully saturated rings. The van der Waals surface area contributed by atoms with E-state index in [-0.39, 0.29) is 6.04 Å². The van der Waals surface area contributed by atoms with Crippen molar-refractivity contribution in [3.8, 4) is 0 Å². The van der Waals surface area contributed by atoms with Crippen LogP contribution in [0.15, 0.2) is 47.4 Å². The van der Waals surface area contributed by atoms with Crippen molar-refractivity contribution in [1.82, 2.24) is 5.43 Å². The summed E-state index contributed by atoms with van der Waals surface area (Å²) < 4.78 is 0. The first-order valence-corrected chi connectivity index (χ1v) is 8.37. The molecule has 112 valence electrons. The molecule has 1 atom stereocenters. The monoisotopic (exact) mass is 300 g/mol. The maximum atomic E-state index is 5.78. The van der Waals surface area contributed by atoms with E-state index in [0.29, 0.717) is 0 Å². The molecule has 0 aliphatic carbocycles. The summed E-state index contributed by atoms with van der Waals surface area (Å²) in [6.45, 7) is 6.46. The van der Waals surface area contributed by atoms with Gasteiger partial charge in [0.05, 0.1) is 0 Å². The summed E-state index contributed by atoms with van der Waals surface area (Å²) in [7, 11) is 0. The molecule has 0 saturated carbocycles. The van der Waals surface area contributed by atoms with Crippen LogP contribution in [0, 0.1) is 13.8 Å². The van der Waals surface area contributed by atoms with Gasteiger partial charge in [0.2, 0.25) is 0 Å². The molecule has 0 amide bonds. The van der Waals surface area contributed by atoms with E-state index in [1.165, 1.54) is 27.1 Å². The van der Waals surface area contributed by atoms with Gasteiger partial charge in [-0.2, -0.15) is 0 Å². The van der Waals surface area contributed by atoms with Crippen LogP contribution in [0.25, 0.3) is 0 Å². The number of hydrogen-bond acceptors (Lipinski definition) is 3. The lowest BCUT2D eigenvalue weighted by Crippen LogP contribution is -2.29. The van der Waals surface area contributed by atoms with Gasteiger partial charge in [-0.05, 0) is 54.8 Å². The fourth-order valence-corrected chi connectivity index (χ4v) is 3.14. The first-order valence-electron chi connectivity index (χ1n) is 7.39. The molecular weight excluding hydrogens is 276 g/mol. The van der Waals surface area contributed by atoms with Crippen LogP contribution in [0.2, 0.25) is 0 Å². The summed E-state index contributed by atoms with van der Waals surface area (Å²) in [6, 6.07) is 15.4. The van der Waals surface area contributed by atoms with Crippen molar-refractivity contribution in [1.29, 1.82) is 0 Å². The van der Waals surface area contributed by atoms with E-state index in [1.807, 2.05) is 11.8 Å². The summed E-state index contributed by atoms with van der Waals surface area (Å²) in [4.78, 5) is 1.31. The van der Waals surface area contributed by atoms with Crippen molar-refractivity contribution in [3.63, 3.8) is 0 Å². The average molecular weight is 300 g/mol. The Hall–Kier alpha value is -1.29. The predicted molar refractivity (Wildman–Crippen MR) is 92.5 cm³/mol. The number of hydrogen-bond donors (Lipinski definition) is 2. The lowest BCUT2D eigenvalue weighted by molar-refractivity contribution is 0.550. The van der Waals surface area contributed by atoms with E-state index >= 15 is 0 Å². The minimum absolute atomic E-state index is 0.145. The zero-order valence-corrected chi connectivity index (χ0v) is 13.8. The number of benzene rings is 2. The molecule has 3 heteroatoms. The van der Waals surface area contributed by atoms with Gasteiger partial charge in [-0.3, -0.25) is 11.3 Å². The Morgan fingerprint density at radius 1 is 1.10 bits per heavy atom. The number of nitrogens with two attached hydrogens (primary N) is 1. The van der Waals surface area contributed by atoms with Crippen molar-refractivity contribution in [2.45, 2.75) is 38.1 Å². The minimum atomic E-state index is 0.145. The number of aryl methyl sites for hydroxylation is 2. The predicted octanol–water partition coefficient (Wildman–Crippen LogP) is 4.16. The maximum absolute atomic E-state index is 5.78. The second-order valence-corrected chi connectivity index (χ2v) is 6.69. The smallest absolute Gasteiger partial charge is 0.0500 e. The third-order valence-corrected chi connectivity index (χ3v) is 4.62. The fourth-order valence-electron chi connectivity index (χ4n) is 2.48. The molecule has 0 saturated heterocycles. The number of thioether (sulfide) groups is 1. The van der Waals surface area contributed by atoms with Crippen LogP contribution in [-0.4, -0.2) is 5.75 Å². The Morgan fingerprint density at radius 2 is 1.81 bits per heavy atom. The van der Waals surface area contributed by atoms with E-state index in [2.05, 4.69) is 68.7 Å². The first-order chi connectivity index (χ1) is 10.1. The van der Waals surface area contributed by atoms with Crippen molar-refractivity contribution in [2.24, 2.45) is 5.84 Å². The third kappa shape index (κ3) is 4.34. The van der Waals surface area contributed by atoms with Gasteiger partial charge in [-0.1, -0.05) is 42.8 Å². The maximum Gasteiger partial charge on any atom is 0.0500 e. The Bertz CT molecular complexity index is 578. The molecule has 0 heterocycles. The Balaban J connectivity index is 2.17. The van der Waals surface area contributed by atoms with Crippen LogP contribution < -0.4 is 11.3 Å². The molecule has 1 unspecified atom stereocenters. The third-order valence-electron chi connectivity index (χ3n) is 3.72. The van der Waals surface area contributed by atoms with Crippen LogP contribution in [-0.2, 0) is 6.42 Å². The number of rotatable bonds is 6. The topological polar surface area (TPSA) is 38.0 Å². The van der Waals surface area contributed by atoms with Gasteiger partial charge in [-0.15, -0.1) is 11.8 Å². The summed E-state index contributed by atoms with van der Waals surface area (Å²) in [6.07, 6.45) is 0.907. The molecule has 2 aromatic carbocycles. The second kappa shape index (κ2) is 7.64. The average Bonchev–Trinajstić information content (AvgIpc) is 2.49. The van der Waals surface area contributed by atoms with E-state index in [9.17, 15) is 0 Å². The lowest BCUT2D eigenvalue weighted by Gasteiger charge is -2.18. The molecule has 2 rings (SSSR count). The molecule has 0 aliphatic heterocycles. The van der Waals surface area contributed by atoms with Crippen molar-refractivity contribution in [2.75, 3.05) is 5.75 Å². The van der Waals surface area contributed by atoms with E-state index in [1.54, 1.807) is 0 Å². The van der Waals surface area contributed by atoms with Crippen LogP contribution in [0.5, 0.6) is 0 Å². The Kier molecular flexibility index (Phi) is 5.85. The highest BCUT2D eigenvalue weighted by atomic mass is 32.2. The summed E-state index contributed by atoms with van der Waals surface area (Å²) >= 11 is 1.86. The standard InChI is InChI=1S/C18H24N2S/c1-4-21-17-9-7-15(8-10-17)18(20-19)12-16-11-13(2)5-6-14(16)3/h5-11,18,20H,4,12,19H2,1-3H3. The normalized spacial score (nSPS) is 12.4. The molecule has 0 bridgehead atoms. The molecule has 0 aromatic heterocycles. The molecule has 2 nitrogen and oxygen atoms in total. The van der Waals surface area contributed by atoms with Crippen LogP contribution in [0.4, 0.5) is 0 Å². The number of nitrogens with one attached hydrogen (secondary N) is 1. The Labute approximate surface area is 132 Å². The zero-order chi connectivity index (χ0) is 15.2. The lowest BCUT2D eigenvalue weighted by atomic mass is 9.95. The summed E-state index contributed by atoms with van der Waals surface area (Å²) in [5, 5.41) is 0. The van der Waals surface area contributed by atoms with Crippen molar-refractivity contribution >= 4 is 11.8 Å². The van der Waals surface area contributed by atoms with Crippen LogP contribution in [0.3, 0.4) is 0 Å². The van der Waals surface area contributed by atoms with Gasteiger partial charge in [0, 0.05) is 10.9 Å². The van der Waals surface area contributed by atoms with Crippen molar-refractivity contribution in [3.05, 3.63) is 64.7 Å². The highest BCUT2D eigenvalue weighted by Crippen LogP contribution is 2.24. The highest BCUT2D eigenvalue weighted by molar-refractivity contribution is 7.99. The van der Waals surface area contributed by atoms with Gasteiger partial charge in [-0.25, -0.2) is 0 Å². The van der Waals surface area contributed by atoms with Crippen LogP contribution in [0.1, 0.15) is 35.2 Å². The molecule has 2 aromatic rings. The Morgan fingerprint density at radius 3 is 2.43 bits per heavy atom. The largest absolute Gasteiger partial charge is 0.271 e. The molecule has 3 N–H and O–H groups in total. The first kappa shape index (κ1) is 16.1. The molecule has 0 radical (unpaired) electrons. The summed E-state index contributed by atoms with van der Waals surface area (Å²) in [5.74, 6) is 6.88. The van der Waals surface area contributed by atoms with Gasteiger partial charge in [0.25, 0.3) is 0 Å². The van der Waals surface area contributed by atoms with E-state index in [0.717, 1.165) is 12.2 Å². The van der Waals surface area contributed by atoms with E-state index in [4.69, 9.17) is 5.84 Å². The van der Waals surface area contributed by atoms with Gasteiger partial charge >= 0.3 is 0 Å². The molecule has 0 aliphatic rings. The highest BCUT2D eigenvalue weighted by Gasteiger charge is 2.12. The second-order valence-electron chi connectivity index (χ2n) is 5.36. The van der Waals surface area contributed by atoms with E-state index < -0.39 is 0 Å². The zero-order valence-electron chi connectivity index (χ0n) is 13.0. The van der Waals surface area contributed by atoms with Gasteiger partial charge in [0.1, 0.15) is 0 Å². The van der Waals surface area contributed by atoms with Crippen LogP contribution >= 0.6 is 11.8 Å². The van der Waals surface area contributed by atoms with Gasteiger partial charge < -0.3 is 0 Å². The minimum Gasteiger partial charge on any atom is -0.271 e. The molecule has 21 heavy (non-hydrogen) atoms. The summed E-state index contributed by atoms with van der Waals surface area (Å²) in [5.41, 5.74) is 8.16. The molecule has 0 spiro atoms.